The third kappa shape index (κ3) is 3.63. The number of benzene rings is 1. The lowest BCUT2D eigenvalue weighted by molar-refractivity contribution is 0.135. The van der Waals surface area contributed by atoms with E-state index in [-0.39, 0.29) is 33.8 Å². The molecule has 3 N–H and O–H groups in total. The first-order valence-electron chi connectivity index (χ1n) is 11.7. The summed E-state index contributed by atoms with van der Waals surface area (Å²) in [5.41, 5.74) is 9.42. The first-order valence-corrected chi connectivity index (χ1v) is 12.9. The van der Waals surface area contributed by atoms with Gasteiger partial charge in [-0.1, -0.05) is 11.6 Å². The van der Waals surface area contributed by atoms with E-state index in [9.17, 15) is 14.8 Å². The fourth-order valence-corrected chi connectivity index (χ4v) is 6.74. The molecule has 2 aliphatic heterocycles. The van der Waals surface area contributed by atoms with E-state index >= 15 is 0 Å². The molecule has 1 saturated heterocycles. The van der Waals surface area contributed by atoms with E-state index in [4.69, 9.17) is 27.1 Å². The molecular weight excluding hydrogens is 517 g/mol. The number of fused-ring (bicyclic) bond motifs is 4. The third-order valence-corrected chi connectivity index (χ3v) is 8.71. The Morgan fingerprint density at radius 2 is 2.08 bits per heavy atom. The van der Waals surface area contributed by atoms with Gasteiger partial charge in [0.2, 0.25) is 5.95 Å². The van der Waals surface area contributed by atoms with Gasteiger partial charge in [0.1, 0.15) is 11.1 Å². The van der Waals surface area contributed by atoms with Crippen LogP contribution < -0.4 is 10.6 Å². The number of pyridine rings is 1. The van der Waals surface area contributed by atoms with Crippen LogP contribution in [0.15, 0.2) is 12.4 Å². The Labute approximate surface area is 220 Å². The molecule has 0 spiro atoms. The molecule has 12 heteroatoms. The number of ether oxygens (including phenoxy) is 1. The standard InChI is InChI=1S/C25H23ClFN7O2S/c1-33(2)17-7-34(6-11(17)8-35)25-31-4-13-14-9-36-10-15(14)18(20(26)21(13)32-25)22-19-12(3-28)24(29)37-23(19)16(27)5-30-22/h4-5,11,17,35H,6-10,29H2,1-2H3/t11-,17-/m1/s1. The Hall–Kier alpha value is -3.14. The van der Waals surface area contributed by atoms with E-state index in [1.807, 2.05) is 19.0 Å². The Kier molecular flexibility index (Phi) is 5.89. The van der Waals surface area contributed by atoms with Crippen LogP contribution in [0.4, 0.5) is 15.3 Å². The molecule has 0 radical (unpaired) electrons. The van der Waals surface area contributed by atoms with Crippen LogP contribution in [0.5, 0.6) is 0 Å². The van der Waals surface area contributed by atoms with Gasteiger partial charge in [-0.15, -0.1) is 11.3 Å². The first-order chi connectivity index (χ1) is 17.8. The minimum atomic E-state index is -0.547. The van der Waals surface area contributed by atoms with Crippen molar-refractivity contribution in [3.05, 3.63) is 39.9 Å². The zero-order valence-electron chi connectivity index (χ0n) is 20.1. The molecule has 0 aliphatic carbocycles. The largest absolute Gasteiger partial charge is 0.396 e. The Bertz CT molecular complexity index is 1620. The number of anilines is 2. The summed E-state index contributed by atoms with van der Waals surface area (Å²) in [5.74, 6) is 0.0323. The molecule has 4 aromatic rings. The van der Waals surface area contributed by atoms with Crippen LogP contribution in [0.1, 0.15) is 16.7 Å². The molecule has 5 heterocycles. The lowest BCUT2D eigenvalue weighted by Crippen LogP contribution is -2.36. The van der Waals surface area contributed by atoms with Gasteiger partial charge in [-0.05, 0) is 25.2 Å². The molecule has 2 atom stereocenters. The third-order valence-electron chi connectivity index (χ3n) is 7.32. The van der Waals surface area contributed by atoms with E-state index in [0.717, 1.165) is 34.0 Å². The molecule has 2 aliphatic rings. The predicted octanol–water partition coefficient (Wildman–Crippen LogP) is 3.54. The summed E-state index contributed by atoms with van der Waals surface area (Å²) in [6.45, 7) is 1.99. The molecule has 37 heavy (non-hydrogen) atoms. The summed E-state index contributed by atoms with van der Waals surface area (Å²) in [6.07, 6.45) is 2.89. The summed E-state index contributed by atoms with van der Waals surface area (Å²) in [6, 6.07) is 2.26. The maximum Gasteiger partial charge on any atom is 0.225 e. The average Bonchev–Trinajstić information content (AvgIpc) is 3.62. The van der Waals surface area contributed by atoms with E-state index in [1.54, 1.807) is 6.20 Å². The number of halogens is 2. The highest BCUT2D eigenvalue weighted by Crippen LogP contribution is 2.47. The summed E-state index contributed by atoms with van der Waals surface area (Å²) < 4.78 is 20.7. The van der Waals surface area contributed by atoms with Crippen molar-refractivity contribution in [2.45, 2.75) is 19.3 Å². The minimum Gasteiger partial charge on any atom is -0.396 e. The zero-order chi connectivity index (χ0) is 26.0. The molecule has 0 unspecified atom stereocenters. The van der Waals surface area contributed by atoms with Crippen LogP contribution in [-0.2, 0) is 18.0 Å². The number of thiophene rings is 1. The number of likely N-dealkylation sites (N-methyl/N-ethyl adjacent to an activating group) is 1. The second-order valence-corrected chi connectivity index (χ2v) is 11.0. The van der Waals surface area contributed by atoms with Crippen molar-refractivity contribution in [3.63, 3.8) is 0 Å². The van der Waals surface area contributed by atoms with Gasteiger partial charge in [0.15, 0.2) is 5.82 Å². The molecule has 6 rings (SSSR count). The molecule has 0 bridgehead atoms. The Balaban J connectivity index is 1.58. The SMILES string of the molecule is CN(C)[C@@H]1CN(c2ncc3c4c(c(-c5ncc(F)c6sc(N)c(C#N)c56)c(Cl)c3n2)COC4)C[C@@H]1CO. The number of nitrogens with zero attached hydrogens (tertiary/aromatic N) is 6. The van der Waals surface area contributed by atoms with Gasteiger partial charge in [-0.2, -0.15) is 5.26 Å². The van der Waals surface area contributed by atoms with Gasteiger partial charge in [-0.25, -0.2) is 14.4 Å². The number of hydrogen-bond acceptors (Lipinski definition) is 10. The maximum absolute atomic E-state index is 14.7. The Morgan fingerprint density at radius 3 is 2.78 bits per heavy atom. The summed E-state index contributed by atoms with van der Waals surface area (Å²) in [5, 5.41) is 21.3. The smallest absolute Gasteiger partial charge is 0.225 e. The van der Waals surface area contributed by atoms with Gasteiger partial charge in [0, 0.05) is 54.2 Å². The van der Waals surface area contributed by atoms with Crippen molar-refractivity contribution in [3.8, 4) is 17.3 Å². The number of aliphatic hydroxyl groups is 1. The van der Waals surface area contributed by atoms with Crippen molar-refractivity contribution in [2.24, 2.45) is 5.92 Å². The maximum atomic E-state index is 14.7. The summed E-state index contributed by atoms with van der Waals surface area (Å²) >= 11 is 8.07. The van der Waals surface area contributed by atoms with E-state index in [1.165, 1.54) is 0 Å². The quantitative estimate of drug-likeness (QED) is 0.400. The fraction of sp³-hybridized carbons (Fsp3) is 0.360. The lowest BCUT2D eigenvalue weighted by atomic mass is 9.94. The van der Waals surface area contributed by atoms with Crippen molar-refractivity contribution < 1.29 is 14.2 Å². The average molecular weight is 540 g/mol. The van der Waals surface area contributed by atoms with Crippen molar-refractivity contribution in [1.82, 2.24) is 19.9 Å². The highest BCUT2D eigenvalue weighted by molar-refractivity contribution is 7.23. The van der Waals surface area contributed by atoms with Crippen LogP contribution >= 0.6 is 22.9 Å². The molecule has 0 saturated carbocycles. The van der Waals surface area contributed by atoms with Crippen LogP contribution in [0.2, 0.25) is 5.02 Å². The monoisotopic (exact) mass is 539 g/mol. The normalized spacial score (nSPS) is 19.3. The van der Waals surface area contributed by atoms with Crippen molar-refractivity contribution in [2.75, 3.05) is 44.4 Å². The minimum absolute atomic E-state index is 0.0684. The number of rotatable bonds is 4. The molecular formula is C25H23ClFN7O2S. The number of nitriles is 1. The number of nitrogen functional groups attached to an aromatic ring is 1. The van der Waals surface area contributed by atoms with Gasteiger partial charge in [-0.3, -0.25) is 4.98 Å². The van der Waals surface area contributed by atoms with E-state index in [0.29, 0.717) is 59.4 Å². The van der Waals surface area contributed by atoms with Crippen LogP contribution in [0.3, 0.4) is 0 Å². The Morgan fingerprint density at radius 1 is 1.30 bits per heavy atom. The molecule has 0 amide bonds. The number of hydrogen-bond donors (Lipinski definition) is 2. The second kappa shape index (κ2) is 9.01. The van der Waals surface area contributed by atoms with Crippen LogP contribution in [0.25, 0.3) is 32.2 Å². The first kappa shape index (κ1) is 24.2. The topological polar surface area (TPSA) is 124 Å². The van der Waals surface area contributed by atoms with Crippen LogP contribution in [-0.4, -0.2) is 64.8 Å². The van der Waals surface area contributed by atoms with Gasteiger partial charge >= 0.3 is 0 Å². The molecule has 190 valence electrons. The van der Waals surface area contributed by atoms with E-state index < -0.39 is 5.82 Å². The molecule has 1 aromatic carbocycles. The van der Waals surface area contributed by atoms with Crippen molar-refractivity contribution >= 4 is 54.9 Å². The fourth-order valence-electron chi connectivity index (χ4n) is 5.47. The summed E-state index contributed by atoms with van der Waals surface area (Å²) in [7, 11) is 3.99. The second-order valence-electron chi connectivity index (χ2n) is 9.56. The molecule has 1 fully saturated rings. The number of nitrogens with two attached hydrogens (primary N) is 1. The van der Waals surface area contributed by atoms with Gasteiger partial charge < -0.3 is 25.4 Å². The van der Waals surface area contributed by atoms with Gasteiger partial charge in [0.05, 0.1) is 45.9 Å². The van der Waals surface area contributed by atoms with Crippen molar-refractivity contribution in [1.29, 1.82) is 5.26 Å². The summed E-state index contributed by atoms with van der Waals surface area (Å²) in [4.78, 5) is 18.0. The molecule has 3 aromatic heterocycles. The highest BCUT2D eigenvalue weighted by atomic mass is 35.5. The molecule has 9 nitrogen and oxygen atoms in total. The lowest BCUT2D eigenvalue weighted by Gasteiger charge is -2.23. The number of aromatic nitrogens is 3. The van der Waals surface area contributed by atoms with Crippen LogP contribution in [0, 0.1) is 23.1 Å². The number of aliphatic hydroxyl groups excluding tert-OH is 1. The van der Waals surface area contributed by atoms with Gasteiger partial charge in [0.25, 0.3) is 0 Å². The predicted molar refractivity (Wildman–Crippen MR) is 141 cm³/mol. The zero-order valence-corrected chi connectivity index (χ0v) is 21.7. The highest BCUT2D eigenvalue weighted by Gasteiger charge is 2.36. The van der Waals surface area contributed by atoms with E-state index in [2.05, 4.69) is 20.9 Å².